The molecular formula is C21H28N4O3. The molecule has 1 fully saturated rings. The minimum atomic E-state index is -0.366. The van der Waals surface area contributed by atoms with Crippen molar-refractivity contribution in [3.63, 3.8) is 0 Å². The number of β-amino-alcohol motifs (C(OH)–C–C–N with tert-alkyl or cyclic N) is 1. The third-order valence-corrected chi connectivity index (χ3v) is 4.81. The van der Waals surface area contributed by atoms with E-state index in [9.17, 15) is 9.90 Å². The van der Waals surface area contributed by atoms with Gasteiger partial charge in [0.25, 0.3) is 0 Å². The molecule has 0 saturated carbocycles. The lowest BCUT2D eigenvalue weighted by Gasteiger charge is -2.41. The topological polar surface area (TPSA) is 77.9 Å². The number of rotatable bonds is 6. The fourth-order valence-electron chi connectivity index (χ4n) is 3.40. The number of nitrogens with one attached hydrogen (secondary N) is 1. The number of anilines is 1. The fraction of sp³-hybridized carbons (Fsp3) is 0.429. The molecular weight excluding hydrogens is 356 g/mol. The van der Waals surface area contributed by atoms with E-state index in [2.05, 4.69) is 22.1 Å². The number of nitrogens with zero attached hydrogens (tertiary/aromatic N) is 3. The maximum Gasteiger partial charge on any atom is 0.321 e. The first-order chi connectivity index (χ1) is 13.5. The quantitative estimate of drug-likeness (QED) is 0.800. The summed E-state index contributed by atoms with van der Waals surface area (Å²) in [4.78, 5) is 21.0. The third-order valence-electron chi connectivity index (χ3n) is 4.81. The van der Waals surface area contributed by atoms with Crippen molar-refractivity contribution < 1.29 is 14.6 Å². The van der Waals surface area contributed by atoms with Crippen molar-refractivity contribution in [3.8, 4) is 11.6 Å². The molecule has 1 aromatic carbocycles. The van der Waals surface area contributed by atoms with Crippen LogP contribution in [0.1, 0.15) is 20.3 Å². The van der Waals surface area contributed by atoms with Gasteiger partial charge in [0.15, 0.2) is 0 Å². The predicted octanol–water partition coefficient (Wildman–Crippen LogP) is 3.18. The number of pyridine rings is 1. The summed E-state index contributed by atoms with van der Waals surface area (Å²) >= 11 is 0. The number of urea groups is 1. The van der Waals surface area contributed by atoms with Gasteiger partial charge in [0.2, 0.25) is 5.88 Å². The maximum atomic E-state index is 12.7. The van der Waals surface area contributed by atoms with Gasteiger partial charge in [-0.3, -0.25) is 4.90 Å². The molecule has 0 unspecified atom stereocenters. The van der Waals surface area contributed by atoms with Gasteiger partial charge < -0.3 is 20.1 Å². The van der Waals surface area contributed by atoms with Crippen LogP contribution in [0.3, 0.4) is 0 Å². The number of piperazine rings is 1. The van der Waals surface area contributed by atoms with Crippen LogP contribution in [0.4, 0.5) is 10.5 Å². The van der Waals surface area contributed by atoms with Crippen LogP contribution < -0.4 is 10.1 Å². The summed E-state index contributed by atoms with van der Waals surface area (Å²) in [6.07, 6.45) is 2.18. The van der Waals surface area contributed by atoms with Crippen LogP contribution in [0.15, 0.2) is 48.7 Å². The molecule has 1 aliphatic heterocycles. The molecule has 2 amide bonds. The van der Waals surface area contributed by atoms with E-state index >= 15 is 0 Å². The van der Waals surface area contributed by atoms with Crippen LogP contribution in [-0.2, 0) is 0 Å². The number of carbonyl (C=O) groups is 1. The number of aliphatic hydroxyl groups is 1. The summed E-state index contributed by atoms with van der Waals surface area (Å²) in [5, 5.41) is 12.6. The zero-order valence-electron chi connectivity index (χ0n) is 16.4. The number of aromatic nitrogens is 1. The molecule has 1 saturated heterocycles. The monoisotopic (exact) mass is 384 g/mol. The Morgan fingerprint density at radius 1 is 1.32 bits per heavy atom. The normalized spacial score (nSPS) is 18.5. The SMILES string of the molecule is CC[C@H]1CN(C(=O)Nc2ccnc(Oc3ccccc3)c2)CCN1C[C@@H](C)O. The Balaban J connectivity index is 1.59. The molecule has 7 nitrogen and oxygen atoms in total. The largest absolute Gasteiger partial charge is 0.439 e. The lowest BCUT2D eigenvalue weighted by molar-refractivity contribution is 0.0507. The predicted molar refractivity (Wildman–Crippen MR) is 109 cm³/mol. The molecule has 150 valence electrons. The van der Waals surface area contributed by atoms with E-state index in [4.69, 9.17) is 4.74 Å². The molecule has 2 heterocycles. The highest BCUT2D eigenvalue weighted by Gasteiger charge is 2.29. The molecule has 0 bridgehead atoms. The number of aliphatic hydroxyl groups excluding tert-OH is 1. The number of hydrogen-bond acceptors (Lipinski definition) is 5. The number of benzene rings is 1. The first-order valence-electron chi connectivity index (χ1n) is 9.72. The Hall–Kier alpha value is -2.64. The minimum absolute atomic E-state index is 0.132. The van der Waals surface area contributed by atoms with E-state index < -0.39 is 0 Å². The summed E-state index contributed by atoms with van der Waals surface area (Å²) < 4.78 is 5.73. The second-order valence-corrected chi connectivity index (χ2v) is 7.08. The second-order valence-electron chi connectivity index (χ2n) is 7.08. The molecule has 1 aliphatic rings. The standard InChI is InChI=1S/C21H28N4O3/c1-3-18-15-25(12-11-24(18)14-16(2)26)21(27)23-17-9-10-22-20(13-17)28-19-7-5-4-6-8-19/h4-10,13,16,18,26H,3,11-12,14-15H2,1-2H3,(H,22,23,27)/t16-,18+/m1/s1. The van der Waals surface area contributed by atoms with Gasteiger partial charge in [-0.15, -0.1) is 0 Å². The molecule has 28 heavy (non-hydrogen) atoms. The minimum Gasteiger partial charge on any atom is -0.439 e. The van der Waals surface area contributed by atoms with Crippen molar-refractivity contribution in [1.82, 2.24) is 14.8 Å². The van der Waals surface area contributed by atoms with E-state index in [0.717, 1.165) is 13.0 Å². The van der Waals surface area contributed by atoms with Crippen molar-refractivity contribution in [2.45, 2.75) is 32.4 Å². The van der Waals surface area contributed by atoms with Gasteiger partial charge in [-0.2, -0.15) is 0 Å². The Bertz CT molecular complexity index is 769. The van der Waals surface area contributed by atoms with Crippen LogP contribution in [0.25, 0.3) is 0 Å². The van der Waals surface area contributed by atoms with E-state index in [1.54, 1.807) is 25.3 Å². The Kier molecular flexibility index (Phi) is 6.84. The number of amides is 2. The Morgan fingerprint density at radius 3 is 2.82 bits per heavy atom. The highest BCUT2D eigenvalue weighted by molar-refractivity contribution is 5.89. The van der Waals surface area contributed by atoms with Gasteiger partial charge in [0.05, 0.1) is 6.10 Å². The zero-order valence-corrected chi connectivity index (χ0v) is 16.4. The third kappa shape index (κ3) is 5.43. The highest BCUT2D eigenvalue weighted by Crippen LogP contribution is 2.22. The molecule has 0 radical (unpaired) electrons. The van der Waals surface area contributed by atoms with Gasteiger partial charge in [-0.1, -0.05) is 25.1 Å². The average molecular weight is 384 g/mol. The van der Waals surface area contributed by atoms with Gasteiger partial charge in [-0.25, -0.2) is 9.78 Å². The molecule has 0 spiro atoms. The lowest BCUT2D eigenvalue weighted by atomic mass is 10.1. The molecule has 2 aromatic rings. The Morgan fingerprint density at radius 2 is 2.11 bits per heavy atom. The summed E-state index contributed by atoms with van der Waals surface area (Å²) in [5.74, 6) is 1.12. The van der Waals surface area contributed by atoms with Crippen molar-refractivity contribution in [1.29, 1.82) is 0 Å². The zero-order chi connectivity index (χ0) is 19.9. The van der Waals surface area contributed by atoms with Gasteiger partial charge in [0.1, 0.15) is 5.75 Å². The van der Waals surface area contributed by atoms with Gasteiger partial charge >= 0.3 is 6.03 Å². The van der Waals surface area contributed by atoms with Crippen LogP contribution in [0, 0.1) is 0 Å². The van der Waals surface area contributed by atoms with Crippen LogP contribution in [-0.4, -0.2) is 64.2 Å². The summed E-state index contributed by atoms with van der Waals surface area (Å²) in [5.41, 5.74) is 0.644. The molecule has 7 heteroatoms. The summed E-state index contributed by atoms with van der Waals surface area (Å²) in [6, 6.07) is 13.0. The molecule has 1 aromatic heterocycles. The van der Waals surface area contributed by atoms with Crippen molar-refractivity contribution in [2.24, 2.45) is 0 Å². The lowest BCUT2D eigenvalue weighted by Crippen LogP contribution is -2.56. The number of ether oxygens (including phenoxy) is 1. The summed E-state index contributed by atoms with van der Waals surface area (Å²) in [7, 11) is 0. The van der Waals surface area contributed by atoms with Crippen LogP contribution in [0.5, 0.6) is 11.6 Å². The van der Waals surface area contributed by atoms with E-state index in [1.165, 1.54) is 0 Å². The Labute approximate surface area is 165 Å². The molecule has 3 rings (SSSR count). The van der Waals surface area contributed by atoms with E-state index in [-0.39, 0.29) is 18.2 Å². The molecule has 2 atom stereocenters. The number of para-hydroxylation sites is 1. The summed E-state index contributed by atoms with van der Waals surface area (Å²) in [6.45, 7) is 6.58. The van der Waals surface area contributed by atoms with E-state index in [0.29, 0.717) is 37.0 Å². The fourth-order valence-corrected chi connectivity index (χ4v) is 3.40. The van der Waals surface area contributed by atoms with Crippen LogP contribution >= 0.6 is 0 Å². The van der Waals surface area contributed by atoms with Gasteiger partial charge in [-0.05, 0) is 31.5 Å². The average Bonchev–Trinajstić information content (AvgIpc) is 2.69. The number of hydrogen-bond donors (Lipinski definition) is 2. The van der Waals surface area contributed by atoms with Crippen LogP contribution in [0.2, 0.25) is 0 Å². The first kappa shape index (κ1) is 20.1. The first-order valence-corrected chi connectivity index (χ1v) is 9.72. The van der Waals surface area contributed by atoms with Crippen molar-refractivity contribution in [2.75, 3.05) is 31.5 Å². The highest BCUT2D eigenvalue weighted by atomic mass is 16.5. The smallest absolute Gasteiger partial charge is 0.321 e. The second kappa shape index (κ2) is 9.52. The number of carbonyl (C=O) groups excluding carboxylic acids is 1. The van der Waals surface area contributed by atoms with Crippen molar-refractivity contribution in [3.05, 3.63) is 48.7 Å². The molecule has 0 aliphatic carbocycles. The van der Waals surface area contributed by atoms with E-state index in [1.807, 2.05) is 35.2 Å². The maximum absolute atomic E-state index is 12.7. The van der Waals surface area contributed by atoms with Crippen molar-refractivity contribution >= 4 is 11.7 Å². The molecule has 2 N–H and O–H groups in total. The van der Waals surface area contributed by atoms with Gasteiger partial charge in [0, 0.05) is 50.2 Å².